The molecule has 0 saturated carbocycles. The molecule has 0 radical (unpaired) electrons. The molecule has 3 rings (SSSR count). The third-order valence-electron chi connectivity index (χ3n) is 3.67. The molecule has 1 aromatic carbocycles. The summed E-state index contributed by atoms with van der Waals surface area (Å²) in [6, 6.07) is 12.5. The summed E-state index contributed by atoms with van der Waals surface area (Å²) in [7, 11) is 0. The van der Waals surface area contributed by atoms with Crippen molar-refractivity contribution in [1.82, 2.24) is 4.98 Å². The van der Waals surface area contributed by atoms with E-state index in [9.17, 15) is 0 Å². The van der Waals surface area contributed by atoms with Crippen molar-refractivity contribution in [3.05, 3.63) is 53.9 Å². The first-order valence-corrected chi connectivity index (χ1v) is 7.28. The second-order valence-corrected chi connectivity index (χ2v) is 5.44. The van der Waals surface area contributed by atoms with Gasteiger partial charge < -0.3 is 10.6 Å². The highest BCUT2D eigenvalue weighted by atomic mass is 32.1. The molecule has 4 heteroatoms. The van der Waals surface area contributed by atoms with E-state index in [1.807, 2.05) is 18.3 Å². The number of aromatic nitrogens is 1. The first kappa shape index (κ1) is 13.1. The van der Waals surface area contributed by atoms with E-state index in [2.05, 4.69) is 34.1 Å². The van der Waals surface area contributed by atoms with E-state index in [0.29, 0.717) is 10.7 Å². The third-order valence-corrected chi connectivity index (χ3v) is 3.88. The Morgan fingerprint density at radius 2 is 2.00 bits per heavy atom. The van der Waals surface area contributed by atoms with E-state index in [4.69, 9.17) is 18.0 Å². The Labute approximate surface area is 124 Å². The van der Waals surface area contributed by atoms with E-state index in [0.717, 1.165) is 18.7 Å². The number of aryl methyl sites for hydroxylation is 1. The second kappa shape index (κ2) is 5.59. The lowest BCUT2D eigenvalue weighted by molar-refractivity contribution is 0.760. The van der Waals surface area contributed by atoms with Gasteiger partial charge in [0.05, 0.1) is 17.6 Å². The summed E-state index contributed by atoms with van der Waals surface area (Å²) < 4.78 is 0. The van der Waals surface area contributed by atoms with Gasteiger partial charge in [0.2, 0.25) is 0 Å². The van der Waals surface area contributed by atoms with Crippen LogP contribution < -0.4 is 10.6 Å². The number of nitrogens with zero attached hydrogens (tertiary/aromatic N) is 2. The van der Waals surface area contributed by atoms with Crippen molar-refractivity contribution < 1.29 is 0 Å². The van der Waals surface area contributed by atoms with Crippen molar-refractivity contribution in [1.29, 1.82) is 0 Å². The molecule has 2 aromatic rings. The first-order chi connectivity index (χ1) is 9.75. The zero-order valence-corrected chi connectivity index (χ0v) is 12.1. The predicted octanol–water partition coefficient (Wildman–Crippen LogP) is 3.19. The number of pyridine rings is 1. The Bertz CT molecular complexity index is 622. The molecule has 0 spiro atoms. The fraction of sp³-hybridized carbons (Fsp3) is 0.250. The summed E-state index contributed by atoms with van der Waals surface area (Å²) in [6.07, 6.45) is 5.42. The van der Waals surface area contributed by atoms with Gasteiger partial charge in [-0.05, 0) is 43.0 Å². The van der Waals surface area contributed by atoms with Gasteiger partial charge in [0.1, 0.15) is 4.99 Å². The first-order valence-electron chi connectivity index (χ1n) is 6.87. The lowest BCUT2D eigenvalue weighted by Crippen LogP contribution is -2.19. The summed E-state index contributed by atoms with van der Waals surface area (Å²) in [5, 5.41) is 0. The zero-order chi connectivity index (χ0) is 13.9. The van der Waals surface area contributed by atoms with Crippen LogP contribution in [-0.4, -0.2) is 16.5 Å². The van der Waals surface area contributed by atoms with Crippen LogP contribution in [-0.2, 0) is 6.42 Å². The predicted molar refractivity (Wildman–Crippen MR) is 86.5 cm³/mol. The van der Waals surface area contributed by atoms with Crippen molar-refractivity contribution in [2.24, 2.45) is 5.73 Å². The van der Waals surface area contributed by atoms with Crippen LogP contribution in [0.5, 0.6) is 0 Å². The number of fused-ring (bicyclic) bond motifs is 1. The van der Waals surface area contributed by atoms with E-state index < -0.39 is 0 Å². The molecule has 0 bridgehead atoms. The second-order valence-electron chi connectivity index (χ2n) is 5.00. The van der Waals surface area contributed by atoms with Crippen molar-refractivity contribution in [2.45, 2.75) is 19.3 Å². The molecule has 0 aliphatic carbocycles. The van der Waals surface area contributed by atoms with Crippen LogP contribution in [0.15, 0.2) is 42.6 Å². The van der Waals surface area contributed by atoms with Crippen molar-refractivity contribution in [3.63, 3.8) is 0 Å². The lowest BCUT2D eigenvalue weighted by Gasteiger charge is -2.24. The number of thiocarbonyl (C=S) groups is 1. The monoisotopic (exact) mass is 283 g/mol. The van der Waals surface area contributed by atoms with Gasteiger partial charge in [0.25, 0.3) is 0 Å². The number of hydrogen-bond acceptors (Lipinski definition) is 3. The molecule has 0 fully saturated rings. The number of benzene rings is 1. The van der Waals surface area contributed by atoms with E-state index in [-0.39, 0.29) is 0 Å². The van der Waals surface area contributed by atoms with Crippen molar-refractivity contribution in [3.8, 4) is 0 Å². The Balaban J connectivity index is 1.98. The third kappa shape index (κ3) is 2.51. The van der Waals surface area contributed by atoms with Gasteiger partial charge >= 0.3 is 0 Å². The van der Waals surface area contributed by atoms with Crippen LogP contribution in [0.25, 0.3) is 0 Å². The van der Waals surface area contributed by atoms with Crippen LogP contribution in [0.4, 0.5) is 11.4 Å². The fourth-order valence-electron chi connectivity index (χ4n) is 2.65. The minimum atomic E-state index is 0.341. The smallest absolute Gasteiger partial charge is 0.122 e. The number of rotatable bonds is 2. The highest BCUT2D eigenvalue weighted by molar-refractivity contribution is 7.80. The van der Waals surface area contributed by atoms with Crippen LogP contribution >= 0.6 is 12.2 Å². The van der Waals surface area contributed by atoms with Gasteiger partial charge in [-0.15, -0.1) is 0 Å². The maximum absolute atomic E-state index is 5.60. The molecule has 1 aromatic heterocycles. The van der Waals surface area contributed by atoms with Gasteiger partial charge in [-0.1, -0.05) is 30.4 Å². The van der Waals surface area contributed by atoms with Crippen LogP contribution in [0.3, 0.4) is 0 Å². The Kier molecular flexibility index (Phi) is 3.65. The normalized spacial score (nSPS) is 14.5. The van der Waals surface area contributed by atoms with E-state index in [1.54, 1.807) is 0 Å². The van der Waals surface area contributed by atoms with Crippen molar-refractivity contribution >= 4 is 28.6 Å². The molecule has 1 aliphatic heterocycles. The minimum absolute atomic E-state index is 0.341. The van der Waals surface area contributed by atoms with Gasteiger partial charge in [0.15, 0.2) is 0 Å². The lowest BCUT2D eigenvalue weighted by atomic mass is 10.1. The van der Waals surface area contributed by atoms with E-state index >= 15 is 0 Å². The number of nitrogens with two attached hydrogens (primary N) is 1. The minimum Gasteiger partial charge on any atom is -0.388 e. The maximum Gasteiger partial charge on any atom is 0.122 e. The summed E-state index contributed by atoms with van der Waals surface area (Å²) in [5.41, 5.74) is 10.1. The van der Waals surface area contributed by atoms with Crippen LogP contribution in [0.1, 0.15) is 24.1 Å². The number of hydrogen-bond donors (Lipinski definition) is 1. The van der Waals surface area contributed by atoms with Gasteiger partial charge in [0, 0.05) is 12.2 Å². The molecule has 0 atom stereocenters. The largest absolute Gasteiger partial charge is 0.388 e. The molecule has 0 unspecified atom stereocenters. The van der Waals surface area contributed by atoms with Crippen LogP contribution in [0.2, 0.25) is 0 Å². The summed E-state index contributed by atoms with van der Waals surface area (Å²) in [5.74, 6) is 0. The van der Waals surface area contributed by atoms with Gasteiger partial charge in [-0.2, -0.15) is 0 Å². The molecule has 102 valence electrons. The fourth-order valence-corrected chi connectivity index (χ4v) is 2.77. The summed E-state index contributed by atoms with van der Waals surface area (Å²) in [6.45, 7) is 1.02. The highest BCUT2D eigenvalue weighted by Crippen LogP contribution is 2.32. The molecular weight excluding hydrogens is 266 g/mol. The highest BCUT2D eigenvalue weighted by Gasteiger charge is 2.16. The molecule has 2 N–H and O–H groups in total. The van der Waals surface area contributed by atoms with Crippen LogP contribution in [0, 0.1) is 0 Å². The summed E-state index contributed by atoms with van der Waals surface area (Å²) >= 11 is 4.95. The Morgan fingerprint density at radius 1 is 1.15 bits per heavy atom. The Hall–Kier alpha value is -1.94. The maximum atomic E-state index is 5.60. The van der Waals surface area contributed by atoms with E-state index in [1.165, 1.54) is 24.1 Å². The standard InChI is InChI=1S/C16H17N3S/c17-16(20)14-9-8-13(11-18-14)19-10-4-3-6-12-5-1-2-7-15(12)19/h1-2,5,7-9,11H,3-4,6,10H2,(H2,17,20). The van der Waals surface area contributed by atoms with Gasteiger partial charge in [-0.3, -0.25) is 4.98 Å². The number of anilines is 2. The molecule has 2 heterocycles. The molecular formula is C16H17N3S. The summed E-state index contributed by atoms with van der Waals surface area (Å²) in [4.78, 5) is 7.02. The zero-order valence-electron chi connectivity index (χ0n) is 11.2. The Morgan fingerprint density at radius 3 is 2.75 bits per heavy atom. The average Bonchev–Trinajstić information content (AvgIpc) is 2.69. The topological polar surface area (TPSA) is 42.1 Å². The SMILES string of the molecule is NC(=S)c1ccc(N2CCCCc3ccccc32)cn1. The quantitative estimate of drug-likeness (QED) is 0.860. The average molecular weight is 283 g/mol. The molecule has 1 aliphatic rings. The van der Waals surface area contributed by atoms with Gasteiger partial charge in [-0.25, -0.2) is 0 Å². The molecule has 3 nitrogen and oxygen atoms in total. The molecule has 0 saturated heterocycles. The molecule has 0 amide bonds. The number of para-hydroxylation sites is 1. The molecule has 20 heavy (non-hydrogen) atoms. The van der Waals surface area contributed by atoms with Crippen molar-refractivity contribution in [2.75, 3.05) is 11.4 Å².